The van der Waals surface area contributed by atoms with Gasteiger partial charge in [-0.2, -0.15) is 0 Å². The molecule has 0 radical (unpaired) electrons. The van der Waals surface area contributed by atoms with Crippen LogP contribution in [0.15, 0.2) is 36.7 Å². The van der Waals surface area contributed by atoms with Gasteiger partial charge >= 0.3 is 6.09 Å². The van der Waals surface area contributed by atoms with E-state index < -0.39 is 17.8 Å². The molecule has 8 atom stereocenters. The highest BCUT2D eigenvalue weighted by Gasteiger charge is 2.46. The molecule has 0 aromatic carbocycles. The lowest BCUT2D eigenvalue weighted by molar-refractivity contribution is 0.0187. The van der Waals surface area contributed by atoms with Crippen LogP contribution in [0, 0.1) is 37.5 Å². The van der Waals surface area contributed by atoms with E-state index in [1.165, 1.54) is 11.3 Å². The Balaban J connectivity index is 0.000000164. The molecule has 336 valence electrons. The summed E-state index contributed by atoms with van der Waals surface area (Å²) in [5.41, 5.74) is 10.9. The van der Waals surface area contributed by atoms with Crippen molar-refractivity contribution < 1.29 is 29.2 Å². The first-order valence-corrected chi connectivity index (χ1v) is 23.2. The number of rotatable bonds is 7. The normalized spacial score (nSPS) is 25.7. The lowest BCUT2D eigenvalue weighted by Gasteiger charge is -2.37. The number of fused-ring (bicyclic) bond motifs is 4. The molecule has 4 fully saturated rings. The van der Waals surface area contributed by atoms with Gasteiger partial charge in [0.2, 0.25) is 31.9 Å². The van der Waals surface area contributed by atoms with Crippen molar-refractivity contribution in [1.29, 1.82) is 0 Å². The van der Waals surface area contributed by atoms with Crippen LogP contribution in [-0.2, 0) is 4.74 Å². The third kappa shape index (κ3) is 8.50. The van der Waals surface area contributed by atoms with E-state index in [-0.39, 0.29) is 24.1 Å². The van der Waals surface area contributed by atoms with Crippen LogP contribution in [0.4, 0.5) is 15.1 Å². The number of hydrogen-bond acceptors (Lipinski definition) is 17. The number of pyridine rings is 2. The molecule has 63 heavy (non-hydrogen) atoms. The highest BCUT2D eigenvalue weighted by Crippen LogP contribution is 2.42. The number of anilines is 2. The van der Waals surface area contributed by atoms with Crippen LogP contribution in [0.1, 0.15) is 57.8 Å². The number of hydrogen-bond donors (Lipinski definition) is 4. The smallest absolute Gasteiger partial charge is 0.407 e. The van der Waals surface area contributed by atoms with Crippen molar-refractivity contribution in [3.63, 3.8) is 0 Å². The Hall–Kier alpha value is -5.15. The fourth-order valence-electron chi connectivity index (χ4n) is 9.67. The van der Waals surface area contributed by atoms with Gasteiger partial charge in [-0.3, -0.25) is 0 Å². The third-order valence-electron chi connectivity index (χ3n) is 12.8. The van der Waals surface area contributed by atoms with Gasteiger partial charge in [0.1, 0.15) is 5.60 Å². The molecule has 2 saturated carbocycles. The number of aryl methyl sites for hydroxylation is 2. The molecule has 0 bridgehead atoms. The molecule has 2 saturated heterocycles. The molecule has 4 aliphatic rings. The molecule has 1 amide bonds. The lowest BCUT2D eigenvalue weighted by atomic mass is 9.76. The number of nitrogens with two attached hydrogens (primary N) is 1. The minimum absolute atomic E-state index is 0.114. The Bertz CT molecular complexity index is 2600. The molecule has 18 nitrogen and oxygen atoms in total. The number of carbonyl (C=O) groups is 1. The number of nitrogens with one attached hydrogen (secondary N) is 1. The highest BCUT2D eigenvalue weighted by molar-refractivity contribution is 7.20. The van der Waals surface area contributed by atoms with Gasteiger partial charge < -0.3 is 45.3 Å². The Morgan fingerprint density at radius 3 is 1.75 bits per heavy atom. The number of alkyl carbamates (subject to hydrolysis) is 1. The Labute approximate surface area is 373 Å². The van der Waals surface area contributed by atoms with E-state index in [1.807, 2.05) is 74.1 Å². The zero-order chi connectivity index (χ0) is 44.3. The average molecular weight is 901 g/mol. The van der Waals surface area contributed by atoms with Crippen LogP contribution in [0.2, 0.25) is 0 Å². The second-order valence-electron chi connectivity index (χ2n) is 18.2. The monoisotopic (exact) mass is 900 g/mol. The maximum absolute atomic E-state index is 12.4. The van der Waals surface area contributed by atoms with Gasteiger partial charge in [0.15, 0.2) is 0 Å². The van der Waals surface area contributed by atoms with Gasteiger partial charge in [-0.1, -0.05) is 22.7 Å². The summed E-state index contributed by atoms with van der Waals surface area (Å²) in [6, 6.07) is 7.38. The summed E-state index contributed by atoms with van der Waals surface area (Å²) in [6.07, 6.45) is 5.52. The first-order chi connectivity index (χ1) is 30.2. The molecule has 8 heterocycles. The van der Waals surface area contributed by atoms with Crippen molar-refractivity contribution in [2.45, 2.75) is 90.2 Å². The molecule has 2 aliphatic carbocycles. The van der Waals surface area contributed by atoms with Crippen molar-refractivity contribution in [2.24, 2.45) is 29.4 Å². The standard InChI is InChI=1S/C24H32N6O4S.C19H24N6O2S/c1-13-6-8-15(20(26-13)33-5)17-10-25-21-30(17)28-22(35-21)29-11-14-7-9-18(31)19(16(14)12-29)27-23(32)34-24(2,3)4;1-10-3-5-12(17(22-10)27-2)14-7-21-18-25(14)23-19(28-18)24-8-11-4-6-15(26)16(20)13(11)9-24/h6,8,10,14,16,18-19,31H,7,9,11-12H2,1-5H3,(H,27,32);3,5,7,11,13,15-16,26H,4,6,8-9,20H2,1-2H3/t14-,16+,18-,19+;11-,13+,15-,16+/m11/s1. The molecule has 6 aromatic rings. The molecular formula is C43H56N12O6S2. The summed E-state index contributed by atoms with van der Waals surface area (Å²) >= 11 is 3.10. The largest absolute Gasteiger partial charge is 0.480 e. The topological polar surface area (TPSA) is 216 Å². The average Bonchev–Trinajstić information content (AvgIpc) is 4.10. The number of aliphatic hydroxyl groups excluding tert-OH is 2. The summed E-state index contributed by atoms with van der Waals surface area (Å²) in [6.45, 7) is 12.7. The van der Waals surface area contributed by atoms with Crippen LogP contribution in [0.25, 0.3) is 32.4 Å². The van der Waals surface area contributed by atoms with Crippen LogP contribution >= 0.6 is 22.7 Å². The van der Waals surface area contributed by atoms with Crippen LogP contribution in [0.3, 0.4) is 0 Å². The van der Waals surface area contributed by atoms with Gasteiger partial charge in [0, 0.05) is 49.5 Å². The van der Waals surface area contributed by atoms with E-state index >= 15 is 0 Å². The first kappa shape index (κ1) is 43.1. The second kappa shape index (κ2) is 17.1. The minimum Gasteiger partial charge on any atom is -0.480 e. The van der Waals surface area contributed by atoms with Crippen molar-refractivity contribution in [1.82, 2.24) is 44.5 Å². The molecule has 6 aromatic heterocycles. The lowest BCUT2D eigenvalue weighted by Crippen LogP contribution is -2.54. The fraction of sp³-hybridized carbons (Fsp3) is 0.558. The van der Waals surface area contributed by atoms with E-state index in [1.54, 1.807) is 31.8 Å². The van der Waals surface area contributed by atoms with Gasteiger partial charge in [0.05, 0.1) is 67.4 Å². The maximum atomic E-state index is 12.4. The van der Waals surface area contributed by atoms with Gasteiger partial charge in [-0.05, 0) is 102 Å². The second-order valence-corrected chi connectivity index (χ2v) is 20.0. The number of aliphatic hydroxyl groups is 2. The third-order valence-corrected chi connectivity index (χ3v) is 14.7. The van der Waals surface area contributed by atoms with Crippen LogP contribution in [-0.4, -0.2) is 126 Å². The molecule has 0 spiro atoms. The van der Waals surface area contributed by atoms with Crippen LogP contribution < -0.4 is 30.3 Å². The summed E-state index contributed by atoms with van der Waals surface area (Å²) in [4.78, 5) is 36.7. The SMILES string of the molecule is COc1nc(C)ccc1-c1cnc2sc(N3C[C@H]4CC[C@@H](O)[C@@H](N)[C@H]4C3)nn12.COc1nc(C)ccc1-c1cnc2sc(N3C[C@H]4CC[C@@H](O)[C@@H](NC(=O)OC(C)(C)C)[C@H]4C3)nn12. The Kier molecular flexibility index (Phi) is 11.7. The van der Waals surface area contributed by atoms with E-state index in [0.717, 1.165) is 93.0 Å². The Morgan fingerprint density at radius 2 is 1.24 bits per heavy atom. The number of methoxy groups -OCH3 is 2. The number of imidazole rings is 2. The molecule has 5 N–H and O–H groups in total. The number of amides is 1. The van der Waals surface area contributed by atoms with Gasteiger partial charge in [-0.15, -0.1) is 10.2 Å². The number of carbonyl (C=O) groups excluding carboxylic acids is 1. The van der Waals surface area contributed by atoms with E-state index in [4.69, 9.17) is 30.1 Å². The van der Waals surface area contributed by atoms with Gasteiger partial charge in [-0.25, -0.2) is 33.8 Å². The maximum Gasteiger partial charge on any atom is 0.407 e. The minimum atomic E-state index is -0.592. The Morgan fingerprint density at radius 1 is 0.746 bits per heavy atom. The molecule has 2 aliphatic heterocycles. The molecule has 20 heteroatoms. The van der Waals surface area contributed by atoms with Gasteiger partial charge in [0.25, 0.3) is 0 Å². The predicted octanol–water partition coefficient (Wildman–Crippen LogP) is 4.97. The zero-order valence-electron chi connectivity index (χ0n) is 36.6. The summed E-state index contributed by atoms with van der Waals surface area (Å²) in [7, 11) is 3.23. The van der Waals surface area contributed by atoms with E-state index in [9.17, 15) is 15.0 Å². The summed E-state index contributed by atoms with van der Waals surface area (Å²) in [5, 5.41) is 35.3. The highest BCUT2D eigenvalue weighted by atomic mass is 32.1. The molecule has 10 rings (SSSR count). The summed E-state index contributed by atoms with van der Waals surface area (Å²) < 4.78 is 20.1. The van der Waals surface area contributed by atoms with Crippen molar-refractivity contribution >= 4 is 49.0 Å². The zero-order valence-corrected chi connectivity index (χ0v) is 38.3. The summed E-state index contributed by atoms with van der Waals surface area (Å²) in [5.74, 6) is 2.43. The first-order valence-electron chi connectivity index (χ1n) is 21.5. The van der Waals surface area contributed by atoms with Crippen LogP contribution in [0.5, 0.6) is 11.8 Å². The quantitative estimate of drug-likeness (QED) is 0.166. The molecular weight excluding hydrogens is 845 g/mol. The van der Waals surface area contributed by atoms with E-state index in [2.05, 4.69) is 35.1 Å². The van der Waals surface area contributed by atoms with E-state index in [0.29, 0.717) is 42.5 Å². The predicted molar refractivity (Wildman–Crippen MR) is 241 cm³/mol. The molecule has 0 unspecified atom stereocenters. The fourth-order valence-corrected chi connectivity index (χ4v) is 11.5. The van der Waals surface area contributed by atoms with Crippen molar-refractivity contribution in [2.75, 3.05) is 50.2 Å². The number of aromatic nitrogens is 8. The number of nitrogens with zero attached hydrogens (tertiary/aromatic N) is 10. The number of ether oxygens (including phenoxy) is 3. The van der Waals surface area contributed by atoms with Crippen molar-refractivity contribution in [3.05, 3.63) is 48.0 Å². The van der Waals surface area contributed by atoms with Crippen molar-refractivity contribution in [3.8, 4) is 34.3 Å².